The van der Waals surface area contributed by atoms with Crippen LogP contribution in [0.1, 0.15) is 25.8 Å². The molecule has 0 heterocycles. The van der Waals surface area contributed by atoms with Crippen molar-refractivity contribution < 1.29 is 18.9 Å². The maximum absolute atomic E-state index is 9.05. The maximum Gasteiger partial charge on any atom is 0.203 e. The molecule has 6 nitrogen and oxygen atoms in total. The van der Waals surface area contributed by atoms with Crippen LogP contribution < -0.4 is 24.3 Å². The Morgan fingerprint density at radius 1 is 1.00 bits per heavy atom. The number of benzene rings is 2. The Hall–Kier alpha value is -2.91. The maximum atomic E-state index is 9.05. The first kappa shape index (κ1) is 23.4. The summed E-state index contributed by atoms with van der Waals surface area (Å²) in [5.41, 5.74) is 0.837. The number of nitriles is 1. The molecule has 2 aromatic carbocycles. The lowest BCUT2D eigenvalue weighted by Gasteiger charge is -2.25. The second-order valence-corrected chi connectivity index (χ2v) is 7.26. The van der Waals surface area contributed by atoms with Gasteiger partial charge in [0.25, 0.3) is 0 Å². The number of para-hydroxylation sites is 1. The first-order valence-corrected chi connectivity index (χ1v) is 10.3. The SMILES string of the molecule is COc1cc(CC#N)cc(OC(CCNCCOc2ccccc2)C(C)C)c1OC. The van der Waals surface area contributed by atoms with Crippen LogP contribution in [-0.2, 0) is 6.42 Å². The third kappa shape index (κ3) is 7.16. The van der Waals surface area contributed by atoms with Gasteiger partial charge in [-0.15, -0.1) is 0 Å². The van der Waals surface area contributed by atoms with Gasteiger partial charge in [-0.05, 0) is 48.7 Å². The molecule has 0 bridgehead atoms. The first-order chi connectivity index (χ1) is 14.6. The van der Waals surface area contributed by atoms with Crippen LogP contribution in [0.4, 0.5) is 0 Å². The molecule has 0 saturated heterocycles. The van der Waals surface area contributed by atoms with Crippen LogP contribution in [0.25, 0.3) is 0 Å². The van der Waals surface area contributed by atoms with Crippen LogP contribution >= 0.6 is 0 Å². The van der Waals surface area contributed by atoms with Crippen molar-refractivity contribution in [3.05, 3.63) is 48.0 Å². The average Bonchev–Trinajstić information content (AvgIpc) is 2.75. The van der Waals surface area contributed by atoms with Gasteiger partial charge in [-0.3, -0.25) is 0 Å². The lowest BCUT2D eigenvalue weighted by atomic mass is 10.0. The zero-order chi connectivity index (χ0) is 21.8. The van der Waals surface area contributed by atoms with Crippen LogP contribution in [0.5, 0.6) is 23.0 Å². The molecule has 162 valence electrons. The fourth-order valence-electron chi connectivity index (χ4n) is 3.08. The molecule has 0 aliphatic heterocycles. The normalized spacial score (nSPS) is 11.6. The number of rotatable bonds is 13. The Kier molecular flexibility index (Phi) is 9.82. The average molecular weight is 413 g/mol. The Balaban J connectivity index is 1.91. The molecule has 6 heteroatoms. The minimum absolute atomic E-state index is 0.0107. The number of methoxy groups -OCH3 is 2. The predicted octanol–water partition coefficient (Wildman–Crippen LogP) is 4.23. The van der Waals surface area contributed by atoms with E-state index in [0.29, 0.717) is 29.8 Å². The highest BCUT2D eigenvalue weighted by atomic mass is 16.5. The molecule has 1 atom stereocenters. The van der Waals surface area contributed by atoms with Gasteiger partial charge in [0.15, 0.2) is 11.5 Å². The summed E-state index contributed by atoms with van der Waals surface area (Å²) in [6.07, 6.45) is 1.10. The predicted molar refractivity (Wildman–Crippen MR) is 118 cm³/mol. The summed E-state index contributed by atoms with van der Waals surface area (Å²) in [7, 11) is 3.17. The highest BCUT2D eigenvalue weighted by Crippen LogP contribution is 2.39. The van der Waals surface area contributed by atoms with E-state index in [4.69, 9.17) is 24.2 Å². The van der Waals surface area contributed by atoms with Crippen LogP contribution in [-0.4, -0.2) is 40.0 Å². The molecular weight excluding hydrogens is 380 g/mol. The molecule has 0 saturated carbocycles. The third-order valence-corrected chi connectivity index (χ3v) is 4.71. The van der Waals surface area contributed by atoms with Crippen LogP contribution in [0.2, 0.25) is 0 Å². The van der Waals surface area contributed by atoms with Crippen LogP contribution in [0.3, 0.4) is 0 Å². The van der Waals surface area contributed by atoms with Crippen LogP contribution in [0, 0.1) is 17.2 Å². The highest BCUT2D eigenvalue weighted by Gasteiger charge is 2.20. The van der Waals surface area contributed by atoms with E-state index in [0.717, 1.165) is 30.8 Å². The van der Waals surface area contributed by atoms with Crippen molar-refractivity contribution in [2.45, 2.75) is 32.8 Å². The topological polar surface area (TPSA) is 72.7 Å². The largest absolute Gasteiger partial charge is 0.493 e. The Labute approximate surface area is 179 Å². The van der Waals surface area contributed by atoms with E-state index < -0.39 is 0 Å². The van der Waals surface area contributed by atoms with E-state index in [-0.39, 0.29) is 12.5 Å². The van der Waals surface area contributed by atoms with Gasteiger partial charge < -0.3 is 24.3 Å². The molecule has 1 N–H and O–H groups in total. The zero-order valence-electron chi connectivity index (χ0n) is 18.3. The van der Waals surface area contributed by atoms with Gasteiger partial charge in [0.2, 0.25) is 5.75 Å². The van der Waals surface area contributed by atoms with Crippen molar-refractivity contribution in [2.75, 3.05) is 33.9 Å². The summed E-state index contributed by atoms with van der Waals surface area (Å²) in [6, 6.07) is 15.6. The quantitative estimate of drug-likeness (QED) is 0.496. The van der Waals surface area contributed by atoms with Gasteiger partial charge in [-0.25, -0.2) is 0 Å². The monoisotopic (exact) mass is 412 g/mol. The summed E-state index contributed by atoms with van der Waals surface area (Å²) in [6.45, 7) is 6.43. The fourth-order valence-corrected chi connectivity index (χ4v) is 3.08. The minimum Gasteiger partial charge on any atom is -0.493 e. The summed E-state index contributed by atoms with van der Waals surface area (Å²) in [5.74, 6) is 2.91. The number of hydrogen-bond acceptors (Lipinski definition) is 6. The fraction of sp³-hybridized carbons (Fsp3) is 0.458. The molecule has 0 aromatic heterocycles. The van der Waals surface area contributed by atoms with E-state index in [1.807, 2.05) is 42.5 Å². The molecule has 2 rings (SSSR count). The van der Waals surface area contributed by atoms with Gasteiger partial charge >= 0.3 is 0 Å². The molecule has 0 aliphatic rings. The summed E-state index contributed by atoms with van der Waals surface area (Å²) < 4.78 is 23.0. The Morgan fingerprint density at radius 2 is 1.73 bits per heavy atom. The molecule has 1 unspecified atom stereocenters. The lowest BCUT2D eigenvalue weighted by molar-refractivity contribution is 0.135. The van der Waals surface area contributed by atoms with Gasteiger partial charge in [0.05, 0.1) is 26.7 Å². The summed E-state index contributed by atoms with van der Waals surface area (Å²) in [5, 5.41) is 12.5. The molecule has 30 heavy (non-hydrogen) atoms. The van der Waals surface area contributed by atoms with Gasteiger partial charge in [0.1, 0.15) is 18.5 Å². The molecular formula is C24H32N2O4. The summed E-state index contributed by atoms with van der Waals surface area (Å²) >= 11 is 0. The molecule has 0 radical (unpaired) electrons. The van der Waals surface area contributed by atoms with E-state index >= 15 is 0 Å². The van der Waals surface area contributed by atoms with Crippen molar-refractivity contribution in [1.29, 1.82) is 5.26 Å². The van der Waals surface area contributed by atoms with Crippen molar-refractivity contribution in [3.8, 4) is 29.1 Å². The van der Waals surface area contributed by atoms with Gasteiger partial charge in [-0.1, -0.05) is 32.0 Å². The van der Waals surface area contributed by atoms with Crippen LogP contribution in [0.15, 0.2) is 42.5 Å². The zero-order valence-corrected chi connectivity index (χ0v) is 18.3. The van der Waals surface area contributed by atoms with Crippen molar-refractivity contribution in [2.24, 2.45) is 5.92 Å². The third-order valence-electron chi connectivity index (χ3n) is 4.71. The van der Waals surface area contributed by atoms with Crippen molar-refractivity contribution in [3.63, 3.8) is 0 Å². The second-order valence-electron chi connectivity index (χ2n) is 7.26. The summed E-state index contributed by atoms with van der Waals surface area (Å²) in [4.78, 5) is 0. The van der Waals surface area contributed by atoms with E-state index in [1.165, 1.54) is 0 Å². The van der Waals surface area contributed by atoms with E-state index in [2.05, 4.69) is 25.2 Å². The first-order valence-electron chi connectivity index (χ1n) is 10.3. The molecule has 0 amide bonds. The minimum atomic E-state index is -0.0107. The number of ether oxygens (including phenoxy) is 4. The van der Waals surface area contributed by atoms with E-state index in [1.54, 1.807) is 14.2 Å². The lowest BCUT2D eigenvalue weighted by Crippen LogP contribution is -2.30. The molecule has 0 fully saturated rings. The number of nitrogens with one attached hydrogen (secondary N) is 1. The molecule has 0 aliphatic carbocycles. The Morgan fingerprint density at radius 3 is 2.37 bits per heavy atom. The molecule has 0 spiro atoms. The number of nitrogens with zero attached hydrogens (tertiary/aromatic N) is 1. The number of hydrogen-bond donors (Lipinski definition) is 1. The standard InChI is InChI=1S/C24H32N2O4/c1-18(2)21(11-13-26-14-15-29-20-8-6-5-7-9-20)30-23-17-19(10-12-25)16-22(27-3)24(23)28-4/h5-9,16-18,21,26H,10-11,13-15H2,1-4H3. The van der Waals surface area contributed by atoms with Crippen molar-refractivity contribution in [1.82, 2.24) is 5.32 Å². The Bertz CT molecular complexity index is 803. The van der Waals surface area contributed by atoms with Gasteiger partial charge in [0, 0.05) is 6.54 Å². The molecule has 2 aromatic rings. The highest BCUT2D eigenvalue weighted by molar-refractivity contribution is 5.54. The van der Waals surface area contributed by atoms with E-state index in [9.17, 15) is 0 Å². The second kappa shape index (κ2) is 12.6. The van der Waals surface area contributed by atoms with Gasteiger partial charge in [-0.2, -0.15) is 5.26 Å². The van der Waals surface area contributed by atoms with Crippen molar-refractivity contribution >= 4 is 0 Å². The smallest absolute Gasteiger partial charge is 0.203 e.